The fourth-order valence-electron chi connectivity index (χ4n) is 3.74. The SMILES string of the molecule is CCn1cc(S(=O)(=O)Cc2ccc(F)c(-c3ccc4c(-c5ncc[nH]5)[nH]nc4c3F)c2F)cn1. The predicted octanol–water partition coefficient (Wildman–Crippen LogP) is 4.23. The van der Waals surface area contributed by atoms with Crippen LogP contribution < -0.4 is 0 Å². The molecule has 0 bridgehead atoms. The number of rotatable bonds is 6. The van der Waals surface area contributed by atoms with E-state index >= 15 is 8.78 Å². The maximum absolute atomic E-state index is 15.4. The van der Waals surface area contributed by atoms with E-state index in [0.29, 0.717) is 23.4 Å². The van der Waals surface area contributed by atoms with Gasteiger partial charge in [-0.15, -0.1) is 0 Å². The lowest BCUT2D eigenvalue weighted by atomic mass is 9.99. The number of halogens is 3. The molecule has 0 saturated heterocycles. The Kier molecular flexibility index (Phi) is 5.24. The van der Waals surface area contributed by atoms with Crippen LogP contribution in [0.4, 0.5) is 13.2 Å². The van der Waals surface area contributed by atoms with Crippen LogP contribution >= 0.6 is 0 Å². The fourth-order valence-corrected chi connectivity index (χ4v) is 5.03. The smallest absolute Gasteiger partial charge is 0.185 e. The zero-order chi connectivity index (χ0) is 24.0. The molecule has 12 heteroatoms. The first-order valence-electron chi connectivity index (χ1n) is 10.2. The summed E-state index contributed by atoms with van der Waals surface area (Å²) >= 11 is 0. The van der Waals surface area contributed by atoms with E-state index in [9.17, 15) is 12.8 Å². The van der Waals surface area contributed by atoms with Crippen molar-refractivity contribution in [3.05, 3.63) is 72.1 Å². The van der Waals surface area contributed by atoms with E-state index < -0.39 is 38.6 Å². The first-order valence-corrected chi connectivity index (χ1v) is 11.8. The number of aromatic nitrogens is 6. The molecule has 5 aromatic rings. The summed E-state index contributed by atoms with van der Waals surface area (Å²) in [4.78, 5) is 6.88. The molecule has 0 fully saturated rings. The van der Waals surface area contributed by atoms with Gasteiger partial charge in [0.15, 0.2) is 21.5 Å². The molecule has 0 aliphatic heterocycles. The molecule has 0 spiro atoms. The molecule has 174 valence electrons. The monoisotopic (exact) mass is 486 g/mol. The number of H-pyrrole nitrogens is 2. The van der Waals surface area contributed by atoms with Crippen LogP contribution in [0.25, 0.3) is 33.5 Å². The topological polar surface area (TPSA) is 109 Å². The summed E-state index contributed by atoms with van der Waals surface area (Å²) < 4.78 is 72.4. The van der Waals surface area contributed by atoms with Gasteiger partial charge in [0.2, 0.25) is 0 Å². The van der Waals surface area contributed by atoms with Crippen molar-refractivity contribution in [2.45, 2.75) is 24.1 Å². The van der Waals surface area contributed by atoms with E-state index in [0.717, 1.165) is 12.1 Å². The van der Waals surface area contributed by atoms with Gasteiger partial charge < -0.3 is 4.98 Å². The zero-order valence-corrected chi connectivity index (χ0v) is 18.5. The summed E-state index contributed by atoms with van der Waals surface area (Å²) in [6.07, 6.45) is 5.61. The van der Waals surface area contributed by atoms with Crippen molar-refractivity contribution in [2.24, 2.45) is 0 Å². The van der Waals surface area contributed by atoms with Gasteiger partial charge in [0.1, 0.15) is 27.7 Å². The van der Waals surface area contributed by atoms with E-state index in [4.69, 9.17) is 0 Å². The van der Waals surface area contributed by atoms with E-state index in [1.54, 1.807) is 13.1 Å². The van der Waals surface area contributed by atoms with Gasteiger partial charge in [-0.05, 0) is 19.1 Å². The van der Waals surface area contributed by atoms with Gasteiger partial charge in [0, 0.05) is 41.6 Å². The van der Waals surface area contributed by atoms with E-state index in [-0.39, 0.29) is 21.5 Å². The minimum absolute atomic E-state index is 0.0887. The Balaban J connectivity index is 1.58. The van der Waals surface area contributed by atoms with Gasteiger partial charge in [-0.2, -0.15) is 10.2 Å². The van der Waals surface area contributed by atoms with Crippen molar-refractivity contribution in [2.75, 3.05) is 0 Å². The molecule has 3 heterocycles. The Bertz CT molecular complexity index is 1620. The molecule has 5 rings (SSSR count). The molecule has 0 aliphatic rings. The lowest BCUT2D eigenvalue weighted by Crippen LogP contribution is -2.08. The van der Waals surface area contributed by atoms with Crippen LogP contribution in [0.15, 0.2) is 53.9 Å². The highest BCUT2D eigenvalue weighted by Crippen LogP contribution is 2.36. The summed E-state index contributed by atoms with van der Waals surface area (Å²) in [7, 11) is -3.97. The fraction of sp³-hybridized carbons (Fsp3) is 0.136. The number of hydrogen-bond donors (Lipinski definition) is 2. The Morgan fingerprint density at radius 1 is 1.09 bits per heavy atom. The van der Waals surface area contributed by atoms with Crippen LogP contribution in [-0.4, -0.2) is 38.4 Å². The average molecular weight is 486 g/mol. The molecule has 3 aromatic heterocycles. The van der Waals surface area contributed by atoms with Crippen LogP contribution in [0.5, 0.6) is 0 Å². The predicted molar refractivity (Wildman–Crippen MR) is 118 cm³/mol. The quantitative estimate of drug-likeness (QED) is 0.373. The highest BCUT2D eigenvalue weighted by molar-refractivity contribution is 7.90. The molecule has 0 unspecified atom stereocenters. The van der Waals surface area contributed by atoms with Gasteiger partial charge in [0.05, 0.1) is 17.5 Å². The zero-order valence-electron chi connectivity index (χ0n) is 17.7. The van der Waals surface area contributed by atoms with Crippen molar-refractivity contribution in [1.29, 1.82) is 0 Å². The minimum Gasteiger partial charge on any atom is -0.343 e. The van der Waals surface area contributed by atoms with Crippen LogP contribution in [0.3, 0.4) is 0 Å². The van der Waals surface area contributed by atoms with Crippen molar-refractivity contribution >= 4 is 20.7 Å². The number of aryl methyl sites for hydroxylation is 1. The molecule has 0 saturated carbocycles. The second-order valence-corrected chi connectivity index (χ2v) is 9.54. The second kappa shape index (κ2) is 8.13. The third-order valence-corrected chi connectivity index (χ3v) is 7.10. The van der Waals surface area contributed by atoms with Gasteiger partial charge >= 0.3 is 0 Å². The second-order valence-electron chi connectivity index (χ2n) is 7.55. The highest BCUT2D eigenvalue weighted by atomic mass is 32.2. The minimum atomic E-state index is -3.97. The van der Waals surface area contributed by atoms with Gasteiger partial charge in [-0.25, -0.2) is 26.6 Å². The highest BCUT2D eigenvalue weighted by Gasteiger charge is 2.25. The van der Waals surface area contributed by atoms with Gasteiger partial charge in [0.25, 0.3) is 0 Å². The number of benzene rings is 2. The summed E-state index contributed by atoms with van der Waals surface area (Å²) in [6.45, 7) is 2.25. The van der Waals surface area contributed by atoms with E-state index in [1.165, 1.54) is 35.4 Å². The van der Waals surface area contributed by atoms with Crippen LogP contribution in [0, 0.1) is 17.5 Å². The maximum atomic E-state index is 15.4. The van der Waals surface area contributed by atoms with E-state index in [2.05, 4.69) is 25.3 Å². The number of imidazole rings is 1. The molecule has 0 atom stereocenters. The first-order chi connectivity index (χ1) is 16.3. The van der Waals surface area contributed by atoms with Gasteiger partial charge in [-0.3, -0.25) is 9.78 Å². The number of fused-ring (bicyclic) bond motifs is 1. The lowest BCUT2D eigenvalue weighted by molar-refractivity contribution is 0.570. The van der Waals surface area contributed by atoms with Crippen molar-refractivity contribution in [3.63, 3.8) is 0 Å². The summed E-state index contributed by atoms with van der Waals surface area (Å²) in [6, 6.07) is 4.65. The molecular formula is C22H17F3N6O2S. The van der Waals surface area contributed by atoms with Crippen molar-refractivity contribution in [3.8, 4) is 22.6 Å². The number of nitrogens with one attached hydrogen (secondary N) is 2. The Labute approximate surface area is 191 Å². The molecular weight excluding hydrogens is 469 g/mol. The molecule has 2 aromatic carbocycles. The number of sulfone groups is 1. The molecule has 34 heavy (non-hydrogen) atoms. The molecule has 0 aliphatic carbocycles. The Morgan fingerprint density at radius 3 is 2.62 bits per heavy atom. The lowest BCUT2D eigenvalue weighted by Gasteiger charge is -2.11. The largest absolute Gasteiger partial charge is 0.343 e. The van der Waals surface area contributed by atoms with Crippen molar-refractivity contribution < 1.29 is 21.6 Å². The number of hydrogen-bond acceptors (Lipinski definition) is 5. The molecule has 2 N–H and O–H groups in total. The average Bonchev–Trinajstić information content (AvgIpc) is 3.57. The maximum Gasteiger partial charge on any atom is 0.185 e. The molecule has 8 nitrogen and oxygen atoms in total. The normalized spacial score (nSPS) is 12.0. The first kappa shape index (κ1) is 21.9. The third-order valence-electron chi connectivity index (χ3n) is 5.48. The van der Waals surface area contributed by atoms with Gasteiger partial charge in [-0.1, -0.05) is 12.1 Å². The summed E-state index contributed by atoms with van der Waals surface area (Å²) in [5.74, 6) is -3.46. The Morgan fingerprint density at radius 2 is 1.91 bits per heavy atom. The summed E-state index contributed by atoms with van der Waals surface area (Å²) in [5, 5.41) is 10.9. The van der Waals surface area contributed by atoms with Crippen LogP contribution in [0.1, 0.15) is 12.5 Å². The van der Waals surface area contributed by atoms with Crippen LogP contribution in [0.2, 0.25) is 0 Å². The van der Waals surface area contributed by atoms with E-state index in [1.807, 2.05) is 0 Å². The number of nitrogens with zero attached hydrogens (tertiary/aromatic N) is 4. The van der Waals surface area contributed by atoms with Crippen LogP contribution in [-0.2, 0) is 22.1 Å². The number of aromatic amines is 2. The Hall–Kier alpha value is -3.93. The summed E-state index contributed by atoms with van der Waals surface area (Å²) in [5.41, 5.74) is -1.05. The standard InChI is InChI=1S/C22H17F3N6O2S/c1-2-31-10-13(9-28-31)34(32,33)11-12-3-6-16(23)17(18(12)24)14-4-5-15-20(19(14)25)29-30-21(15)22-26-7-8-27-22/h3-10H,2,11H2,1H3,(H,26,27)(H,29,30). The molecule has 0 radical (unpaired) electrons. The molecule has 0 amide bonds. The third kappa shape index (κ3) is 3.55. The van der Waals surface area contributed by atoms with Crippen molar-refractivity contribution in [1.82, 2.24) is 29.9 Å².